The Balaban J connectivity index is 3.44. The van der Waals surface area contributed by atoms with Crippen LogP contribution in [0.1, 0.15) is 309 Å². The molecule has 2 atom stereocenters. The van der Waals surface area contributed by atoms with Gasteiger partial charge in [-0.2, -0.15) is 0 Å². The van der Waals surface area contributed by atoms with Gasteiger partial charge in [0.25, 0.3) is 0 Å². The van der Waals surface area contributed by atoms with Gasteiger partial charge in [0.2, 0.25) is 5.91 Å². The summed E-state index contributed by atoms with van der Waals surface area (Å²) in [6, 6.07) is -0.635. The van der Waals surface area contributed by atoms with Gasteiger partial charge in [0.15, 0.2) is 0 Å². The molecular weight excluding hydrogens is 815 g/mol. The summed E-state index contributed by atoms with van der Waals surface area (Å²) < 4.78 is 5.49. The lowest BCUT2D eigenvalue weighted by atomic mass is 10.0. The quantitative estimate of drug-likeness (QED) is 0.0321. The van der Waals surface area contributed by atoms with Gasteiger partial charge < -0.3 is 20.3 Å². The van der Waals surface area contributed by atoms with Crippen LogP contribution >= 0.6 is 0 Å². The van der Waals surface area contributed by atoms with Crippen molar-refractivity contribution in [2.24, 2.45) is 0 Å². The number of unbranched alkanes of at least 4 members (excludes halogenated alkanes) is 39. The zero-order valence-corrected chi connectivity index (χ0v) is 44.2. The number of nitrogens with one attached hydrogen (secondary N) is 1. The molecule has 0 aliphatic heterocycles. The lowest BCUT2D eigenvalue weighted by Gasteiger charge is -2.20. The number of carbonyl (C=O) groups excluding carboxylic acids is 2. The van der Waals surface area contributed by atoms with Crippen molar-refractivity contribution in [1.82, 2.24) is 5.32 Å². The van der Waals surface area contributed by atoms with E-state index in [1.165, 1.54) is 218 Å². The number of carbonyl (C=O) groups is 2. The Hall–Kier alpha value is -1.92. The molecule has 0 aromatic rings. The number of esters is 1. The van der Waals surface area contributed by atoms with Crippen LogP contribution in [0.2, 0.25) is 0 Å². The second-order valence-corrected chi connectivity index (χ2v) is 20.0. The molecule has 66 heavy (non-hydrogen) atoms. The number of hydrogen-bond donors (Lipinski definition) is 3. The normalized spacial score (nSPS) is 12.8. The molecule has 0 saturated heterocycles. The molecule has 1 amide bonds. The van der Waals surface area contributed by atoms with Crippen molar-refractivity contribution in [2.75, 3.05) is 13.2 Å². The topological polar surface area (TPSA) is 95.9 Å². The Morgan fingerprint density at radius 1 is 0.424 bits per heavy atom. The maximum atomic E-state index is 12.5. The first-order valence-electron chi connectivity index (χ1n) is 29.3. The fraction of sp³-hybridized carbons (Fsp3) is 0.867. The lowest BCUT2D eigenvalue weighted by molar-refractivity contribution is -0.143. The summed E-state index contributed by atoms with van der Waals surface area (Å²) >= 11 is 0. The van der Waals surface area contributed by atoms with E-state index < -0.39 is 12.1 Å². The number of hydrogen-bond acceptors (Lipinski definition) is 5. The predicted octanol–water partition coefficient (Wildman–Crippen LogP) is 18.0. The first-order valence-corrected chi connectivity index (χ1v) is 29.3. The van der Waals surface area contributed by atoms with Crippen LogP contribution in [-0.4, -0.2) is 47.4 Å². The van der Waals surface area contributed by atoms with Crippen molar-refractivity contribution in [1.29, 1.82) is 0 Å². The number of aliphatic hydroxyl groups excluding tert-OH is 2. The van der Waals surface area contributed by atoms with E-state index >= 15 is 0 Å². The van der Waals surface area contributed by atoms with Crippen molar-refractivity contribution in [3.05, 3.63) is 36.5 Å². The molecule has 0 bridgehead atoms. The summed E-state index contributed by atoms with van der Waals surface area (Å²) in [5.74, 6) is -0.0801. The first kappa shape index (κ1) is 64.1. The second-order valence-electron chi connectivity index (χ2n) is 20.0. The molecule has 0 aromatic carbocycles. The van der Waals surface area contributed by atoms with E-state index in [1.54, 1.807) is 6.08 Å². The van der Waals surface area contributed by atoms with Gasteiger partial charge in [0.1, 0.15) is 0 Å². The Morgan fingerprint density at radius 2 is 0.758 bits per heavy atom. The molecule has 0 aliphatic rings. The zero-order chi connectivity index (χ0) is 47.9. The highest BCUT2D eigenvalue weighted by Crippen LogP contribution is 2.17. The Bertz CT molecular complexity index is 1070. The smallest absolute Gasteiger partial charge is 0.305 e. The molecule has 0 spiro atoms. The van der Waals surface area contributed by atoms with E-state index in [0.717, 1.165) is 64.2 Å². The fourth-order valence-corrected chi connectivity index (χ4v) is 8.90. The van der Waals surface area contributed by atoms with Crippen molar-refractivity contribution < 1.29 is 24.5 Å². The van der Waals surface area contributed by atoms with Gasteiger partial charge in [0, 0.05) is 12.8 Å². The number of amides is 1. The number of allylic oxidation sites excluding steroid dienone is 5. The molecule has 3 N–H and O–H groups in total. The van der Waals surface area contributed by atoms with Crippen LogP contribution in [0.25, 0.3) is 0 Å². The van der Waals surface area contributed by atoms with Gasteiger partial charge in [-0.15, -0.1) is 0 Å². The highest BCUT2D eigenvalue weighted by atomic mass is 16.5. The van der Waals surface area contributed by atoms with Crippen LogP contribution in [0, 0.1) is 0 Å². The van der Waals surface area contributed by atoms with Gasteiger partial charge >= 0.3 is 5.97 Å². The van der Waals surface area contributed by atoms with Crippen LogP contribution in [-0.2, 0) is 14.3 Å². The second kappa shape index (κ2) is 55.7. The molecule has 0 aliphatic carbocycles. The van der Waals surface area contributed by atoms with Gasteiger partial charge in [-0.1, -0.05) is 269 Å². The SMILES string of the molecule is CCCCC/C=C\C/C=C\CCCCCCCCCCCC(=O)OCCCCCCCCCCCCCCCCCC(=O)NC(CO)C(O)/C=C/CCCCCCCCCCCCCCC. The van der Waals surface area contributed by atoms with Crippen molar-refractivity contribution in [2.45, 2.75) is 321 Å². The molecule has 6 nitrogen and oxygen atoms in total. The monoisotopic (exact) mass is 928 g/mol. The summed E-state index contributed by atoms with van der Waals surface area (Å²) in [6.07, 6.45) is 68.7. The van der Waals surface area contributed by atoms with Crippen LogP contribution < -0.4 is 5.32 Å². The van der Waals surface area contributed by atoms with Crippen LogP contribution in [0.3, 0.4) is 0 Å². The summed E-state index contributed by atoms with van der Waals surface area (Å²) in [5, 5.41) is 23.1. The average Bonchev–Trinajstić information content (AvgIpc) is 3.32. The third kappa shape index (κ3) is 51.5. The third-order valence-corrected chi connectivity index (χ3v) is 13.4. The van der Waals surface area contributed by atoms with E-state index in [2.05, 4.69) is 43.5 Å². The highest BCUT2D eigenvalue weighted by Gasteiger charge is 2.18. The molecule has 6 heteroatoms. The van der Waals surface area contributed by atoms with E-state index in [4.69, 9.17) is 4.74 Å². The maximum Gasteiger partial charge on any atom is 0.305 e. The van der Waals surface area contributed by atoms with Gasteiger partial charge in [0.05, 0.1) is 25.4 Å². The van der Waals surface area contributed by atoms with Gasteiger partial charge in [-0.25, -0.2) is 0 Å². The number of ether oxygens (including phenoxy) is 1. The minimum Gasteiger partial charge on any atom is -0.466 e. The number of rotatable bonds is 54. The fourth-order valence-electron chi connectivity index (χ4n) is 8.90. The molecule has 0 heterocycles. The molecule has 0 radical (unpaired) electrons. The van der Waals surface area contributed by atoms with Gasteiger partial charge in [-0.3, -0.25) is 9.59 Å². The largest absolute Gasteiger partial charge is 0.466 e. The van der Waals surface area contributed by atoms with Crippen LogP contribution in [0.5, 0.6) is 0 Å². The molecule has 388 valence electrons. The summed E-state index contributed by atoms with van der Waals surface area (Å²) in [6.45, 7) is 4.87. The minimum absolute atomic E-state index is 0.00427. The first-order chi connectivity index (χ1) is 32.5. The summed E-state index contributed by atoms with van der Waals surface area (Å²) in [4.78, 5) is 24.5. The molecular formula is C60H113NO5. The highest BCUT2D eigenvalue weighted by molar-refractivity contribution is 5.76. The maximum absolute atomic E-state index is 12.5. The molecule has 0 saturated carbocycles. The zero-order valence-electron chi connectivity index (χ0n) is 44.2. The van der Waals surface area contributed by atoms with Crippen LogP contribution in [0.4, 0.5) is 0 Å². The summed E-state index contributed by atoms with van der Waals surface area (Å²) in [5.41, 5.74) is 0. The minimum atomic E-state index is -0.850. The number of aliphatic hydroxyl groups is 2. The van der Waals surface area contributed by atoms with Gasteiger partial charge in [-0.05, 0) is 64.2 Å². The van der Waals surface area contributed by atoms with Crippen LogP contribution in [0.15, 0.2) is 36.5 Å². The standard InChI is InChI=1S/C60H113NO5/c1-3-5-7-9-11-13-15-17-19-20-21-22-26-30-34-38-42-46-50-54-60(65)66-55-51-47-43-39-35-31-27-23-25-29-33-37-41-45-49-53-59(64)61-57(56-62)58(63)52-48-44-40-36-32-28-24-18-16-14-12-10-8-6-4-2/h11,13,17,19,48,52,57-58,62-63H,3-10,12,14-16,18,20-47,49-51,53-56H2,1-2H3,(H,61,64)/b13-11-,19-17-,52-48+. The van der Waals surface area contributed by atoms with Crippen molar-refractivity contribution >= 4 is 11.9 Å². The van der Waals surface area contributed by atoms with Crippen molar-refractivity contribution in [3.8, 4) is 0 Å². The average molecular weight is 929 g/mol. The molecule has 0 rings (SSSR count). The Morgan fingerprint density at radius 3 is 1.18 bits per heavy atom. The Kier molecular flexibility index (Phi) is 54.1. The van der Waals surface area contributed by atoms with Crippen molar-refractivity contribution in [3.63, 3.8) is 0 Å². The third-order valence-electron chi connectivity index (χ3n) is 13.4. The molecule has 0 fully saturated rings. The van der Waals surface area contributed by atoms with E-state index in [1.807, 2.05) is 6.08 Å². The Labute approximate surface area is 411 Å². The summed E-state index contributed by atoms with van der Waals surface area (Å²) in [7, 11) is 0. The molecule has 2 unspecified atom stereocenters. The lowest BCUT2D eigenvalue weighted by Crippen LogP contribution is -2.45. The predicted molar refractivity (Wildman–Crippen MR) is 287 cm³/mol. The molecule has 0 aromatic heterocycles. The van der Waals surface area contributed by atoms with E-state index in [-0.39, 0.29) is 18.5 Å². The van der Waals surface area contributed by atoms with E-state index in [9.17, 15) is 19.8 Å². The van der Waals surface area contributed by atoms with E-state index in [0.29, 0.717) is 19.4 Å².